The number of rotatable bonds is 4. The van der Waals surface area contributed by atoms with Crippen LogP contribution in [0.2, 0.25) is 0 Å². The zero-order chi connectivity index (χ0) is 30.6. The molecule has 44 heavy (non-hydrogen) atoms. The minimum atomic E-state index is -0.802. The summed E-state index contributed by atoms with van der Waals surface area (Å²) in [6.07, 6.45) is 5.65. The van der Waals surface area contributed by atoms with Crippen molar-refractivity contribution < 1.29 is 29.3 Å². The highest BCUT2D eigenvalue weighted by atomic mass is 16.6. The van der Waals surface area contributed by atoms with E-state index in [-0.39, 0.29) is 47.7 Å². The normalized spacial score (nSPS) is 19.2. The van der Waals surface area contributed by atoms with Crippen molar-refractivity contribution in [3.63, 3.8) is 0 Å². The van der Waals surface area contributed by atoms with E-state index in [1.807, 2.05) is 40.7 Å². The van der Waals surface area contributed by atoms with Gasteiger partial charge in [0.2, 0.25) is 0 Å². The smallest absolute Gasteiger partial charge is 0.307 e. The summed E-state index contributed by atoms with van der Waals surface area (Å²) < 4.78 is 11.2. The van der Waals surface area contributed by atoms with Gasteiger partial charge in [-0.1, -0.05) is 35.8 Å². The van der Waals surface area contributed by atoms with Crippen molar-refractivity contribution in [1.82, 2.24) is 0 Å². The molecule has 2 heterocycles. The molecule has 0 spiro atoms. The van der Waals surface area contributed by atoms with E-state index in [0.29, 0.717) is 12.2 Å². The van der Waals surface area contributed by atoms with Crippen LogP contribution in [-0.4, -0.2) is 33.4 Å². The third kappa shape index (κ3) is 10.7. The number of hydrogen-bond acceptors (Lipinski definition) is 5. The summed E-state index contributed by atoms with van der Waals surface area (Å²) in [5, 5.41) is 18.4. The molecular weight excluding hydrogens is 552 g/mol. The summed E-state index contributed by atoms with van der Waals surface area (Å²) in [6.45, 7) is 24.0. The average molecular weight is 617 g/mol. The fourth-order valence-electron chi connectivity index (χ4n) is 5.31. The molecule has 6 nitrogen and oxygen atoms in total. The average Bonchev–Trinajstić information content (AvgIpc) is 3.21. The van der Waals surface area contributed by atoms with Crippen molar-refractivity contribution in [2.75, 3.05) is 0 Å². The molecule has 252 valence electrons. The van der Waals surface area contributed by atoms with E-state index in [0.717, 1.165) is 48.1 Å². The van der Waals surface area contributed by atoms with E-state index < -0.39 is 11.6 Å². The first-order valence-electron chi connectivity index (χ1n) is 14.0. The van der Waals surface area contributed by atoms with E-state index in [9.17, 15) is 14.7 Å². The molecule has 0 amide bonds. The van der Waals surface area contributed by atoms with Gasteiger partial charge < -0.3 is 19.7 Å². The van der Waals surface area contributed by atoms with Gasteiger partial charge in [0.1, 0.15) is 22.7 Å². The van der Waals surface area contributed by atoms with Crippen LogP contribution in [0.1, 0.15) is 126 Å². The monoisotopic (exact) mass is 616 g/mol. The van der Waals surface area contributed by atoms with Gasteiger partial charge in [0.05, 0.1) is 6.42 Å². The molecule has 2 unspecified atom stereocenters. The third-order valence-electron chi connectivity index (χ3n) is 8.78. The SMILES string of the molecule is C.C.C.C.C=CCC1(C)CCC(=O)O1.Cc1c(C)c(C)c2c(c1C)CCC(C)(CC(=O)O)O2.Cc1cc(O)c(C)c(C)c1C. The Morgan fingerprint density at radius 3 is 1.77 bits per heavy atom. The second kappa shape index (κ2) is 17.9. The van der Waals surface area contributed by atoms with Gasteiger partial charge >= 0.3 is 11.9 Å². The number of aromatic hydroxyl groups is 1. The molecule has 4 rings (SSSR count). The fourth-order valence-corrected chi connectivity index (χ4v) is 5.31. The fraction of sp³-hybridized carbons (Fsp3) is 0.579. The van der Waals surface area contributed by atoms with E-state index in [4.69, 9.17) is 14.6 Å². The number of phenols is 1. The Morgan fingerprint density at radius 2 is 1.30 bits per heavy atom. The summed E-state index contributed by atoms with van der Waals surface area (Å²) in [7, 11) is 0. The number of benzene rings is 2. The maximum atomic E-state index is 11.0. The van der Waals surface area contributed by atoms with Crippen LogP contribution in [-0.2, 0) is 20.7 Å². The van der Waals surface area contributed by atoms with Gasteiger partial charge in [0.15, 0.2) is 0 Å². The van der Waals surface area contributed by atoms with Gasteiger partial charge in [-0.25, -0.2) is 0 Å². The van der Waals surface area contributed by atoms with Crippen molar-refractivity contribution in [2.45, 2.75) is 149 Å². The minimum Gasteiger partial charge on any atom is -0.508 e. The number of phenolic OH excluding ortho intramolecular Hbond substituents is 1. The Kier molecular flexibility index (Phi) is 18.3. The first-order chi connectivity index (χ1) is 18.4. The van der Waals surface area contributed by atoms with Crippen LogP contribution < -0.4 is 4.74 Å². The van der Waals surface area contributed by atoms with E-state index in [1.165, 1.54) is 33.4 Å². The van der Waals surface area contributed by atoms with Crippen molar-refractivity contribution in [1.29, 1.82) is 0 Å². The Bertz CT molecular complexity index is 1270. The lowest BCUT2D eigenvalue weighted by molar-refractivity contribution is -0.147. The third-order valence-corrected chi connectivity index (χ3v) is 8.78. The number of aryl methyl sites for hydroxylation is 1. The molecule has 2 aliphatic heterocycles. The first kappa shape index (κ1) is 45.2. The second-order valence-electron chi connectivity index (χ2n) is 11.9. The lowest BCUT2D eigenvalue weighted by Gasteiger charge is -2.37. The standard InChI is InChI=1S/C16H22O3.C10H14O.C8H12O2.4CH4/c1-9-10(2)12(4)15-13(11(9)3)6-7-16(5,19-15)8-14(17)18;1-6-5-10(11)9(4)8(3)7(6)2;1-3-5-8(2)6-4-7(9)10-8;;;;/h6-8H2,1-5H3,(H,17,18);5,11H,1-4H3;3H,1,4-6H2,2H3;4*1H4. The predicted molar refractivity (Wildman–Crippen MR) is 188 cm³/mol. The molecule has 0 saturated carbocycles. The molecule has 0 aromatic heterocycles. The largest absolute Gasteiger partial charge is 0.508 e. The summed E-state index contributed by atoms with van der Waals surface area (Å²) in [5.41, 5.74) is 10.0. The molecule has 2 atom stereocenters. The molecule has 0 radical (unpaired) electrons. The molecule has 2 aliphatic rings. The zero-order valence-corrected chi connectivity index (χ0v) is 26.1. The number of aliphatic carboxylic acids is 1. The Morgan fingerprint density at radius 1 is 0.795 bits per heavy atom. The molecule has 2 aromatic rings. The van der Waals surface area contributed by atoms with Crippen LogP contribution in [0.5, 0.6) is 11.5 Å². The van der Waals surface area contributed by atoms with Crippen molar-refractivity contribution >= 4 is 11.9 Å². The lowest BCUT2D eigenvalue weighted by Crippen LogP contribution is -2.39. The molecule has 2 N–H and O–H groups in total. The Labute approximate surface area is 269 Å². The number of hydrogen-bond donors (Lipinski definition) is 2. The maximum absolute atomic E-state index is 11.0. The molecule has 0 bridgehead atoms. The van der Waals surface area contributed by atoms with Gasteiger partial charge in [-0.3, -0.25) is 9.59 Å². The number of ether oxygens (including phenoxy) is 2. The molecule has 1 saturated heterocycles. The molecule has 0 aliphatic carbocycles. The highest BCUT2D eigenvalue weighted by Gasteiger charge is 2.36. The summed E-state index contributed by atoms with van der Waals surface area (Å²) >= 11 is 0. The number of carbonyl (C=O) groups is 2. The summed E-state index contributed by atoms with van der Waals surface area (Å²) in [6, 6.07) is 1.82. The van der Waals surface area contributed by atoms with Crippen LogP contribution in [0, 0.1) is 55.4 Å². The van der Waals surface area contributed by atoms with Crippen LogP contribution >= 0.6 is 0 Å². The first-order valence-corrected chi connectivity index (χ1v) is 14.0. The van der Waals surface area contributed by atoms with Crippen molar-refractivity contribution in [3.8, 4) is 11.5 Å². The number of esters is 1. The topological polar surface area (TPSA) is 93.1 Å². The Balaban J connectivity index is -0.000000585. The van der Waals surface area contributed by atoms with Crippen LogP contribution in [0.3, 0.4) is 0 Å². The van der Waals surface area contributed by atoms with Gasteiger partial charge in [-0.15, -0.1) is 6.58 Å². The minimum absolute atomic E-state index is 0. The van der Waals surface area contributed by atoms with E-state index in [2.05, 4.69) is 41.2 Å². The lowest BCUT2D eigenvalue weighted by atomic mass is 9.84. The van der Waals surface area contributed by atoms with Crippen LogP contribution in [0.15, 0.2) is 18.7 Å². The van der Waals surface area contributed by atoms with Crippen LogP contribution in [0.4, 0.5) is 0 Å². The molecular formula is C38H64O6. The van der Waals surface area contributed by atoms with Gasteiger partial charge in [0, 0.05) is 12.8 Å². The number of carbonyl (C=O) groups excluding carboxylic acids is 1. The number of carboxylic acid groups (broad SMARTS) is 1. The highest BCUT2D eigenvalue weighted by molar-refractivity contribution is 5.72. The van der Waals surface area contributed by atoms with E-state index >= 15 is 0 Å². The van der Waals surface area contributed by atoms with Gasteiger partial charge in [-0.05, 0) is 145 Å². The number of cyclic esters (lactones) is 1. The van der Waals surface area contributed by atoms with Gasteiger partial charge in [-0.2, -0.15) is 0 Å². The maximum Gasteiger partial charge on any atom is 0.307 e. The summed E-state index contributed by atoms with van der Waals surface area (Å²) in [4.78, 5) is 21.7. The van der Waals surface area contributed by atoms with Crippen molar-refractivity contribution in [2.24, 2.45) is 0 Å². The predicted octanol–water partition coefficient (Wildman–Crippen LogP) is 10.3. The van der Waals surface area contributed by atoms with Crippen molar-refractivity contribution in [3.05, 3.63) is 68.8 Å². The zero-order valence-electron chi connectivity index (χ0n) is 26.1. The quantitative estimate of drug-likeness (QED) is 0.262. The molecule has 6 heteroatoms. The van der Waals surface area contributed by atoms with Gasteiger partial charge in [0.25, 0.3) is 0 Å². The second-order valence-corrected chi connectivity index (χ2v) is 11.9. The van der Waals surface area contributed by atoms with Crippen LogP contribution in [0.25, 0.3) is 0 Å². The highest BCUT2D eigenvalue weighted by Crippen LogP contribution is 2.41. The Hall–Kier alpha value is -3.28. The molecule has 2 aromatic carbocycles. The van der Waals surface area contributed by atoms with E-state index in [1.54, 1.807) is 6.08 Å². The number of carboxylic acids is 1. The summed E-state index contributed by atoms with van der Waals surface area (Å²) in [5.74, 6) is 0.440. The number of fused-ring (bicyclic) bond motifs is 1. The molecule has 1 fully saturated rings.